The molecule has 1 aromatic heterocycles. The van der Waals surface area contributed by atoms with Gasteiger partial charge in [-0.3, -0.25) is 19.8 Å². The molecule has 0 saturated heterocycles. The average Bonchev–Trinajstić information content (AvgIpc) is 3.13. The van der Waals surface area contributed by atoms with Gasteiger partial charge in [0.25, 0.3) is 11.6 Å². The molecule has 31 heavy (non-hydrogen) atoms. The van der Waals surface area contributed by atoms with Crippen LogP contribution in [0.5, 0.6) is 0 Å². The van der Waals surface area contributed by atoms with E-state index in [0.717, 1.165) is 23.3 Å². The van der Waals surface area contributed by atoms with E-state index in [4.69, 9.17) is 11.6 Å². The number of likely N-dealkylation sites (N-methyl/N-ethyl adjacent to an activating group) is 1. The number of carbonyl (C=O) groups excluding carboxylic acids is 1. The molecular formula is C21H24Cl2N4O3S. The molecular weight excluding hydrogens is 459 g/mol. The second-order valence-corrected chi connectivity index (χ2v) is 8.24. The van der Waals surface area contributed by atoms with E-state index in [2.05, 4.69) is 23.7 Å². The number of anilines is 1. The summed E-state index contributed by atoms with van der Waals surface area (Å²) in [5.74, 6) is -0.298. The van der Waals surface area contributed by atoms with E-state index in [9.17, 15) is 14.9 Å². The van der Waals surface area contributed by atoms with Crippen molar-refractivity contribution in [2.75, 3.05) is 31.1 Å². The summed E-state index contributed by atoms with van der Waals surface area (Å²) < 4.78 is 0.883. The fraction of sp³-hybridized carbons (Fsp3) is 0.333. The second kappa shape index (κ2) is 10.9. The molecule has 0 bridgehead atoms. The number of nitrogens with zero attached hydrogens (tertiary/aromatic N) is 4. The predicted molar refractivity (Wildman–Crippen MR) is 129 cm³/mol. The monoisotopic (exact) mass is 482 g/mol. The van der Waals surface area contributed by atoms with Crippen LogP contribution in [0.4, 0.5) is 10.8 Å². The maximum atomic E-state index is 13.5. The lowest BCUT2D eigenvalue weighted by molar-refractivity contribution is -0.385. The molecule has 0 aliphatic carbocycles. The van der Waals surface area contributed by atoms with Crippen LogP contribution in [0.15, 0.2) is 36.4 Å². The summed E-state index contributed by atoms with van der Waals surface area (Å²) in [6, 6.07) is 9.98. The van der Waals surface area contributed by atoms with Gasteiger partial charge in [-0.1, -0.05) is 42.9 Å². The number of benzene rings is 2. The zero-order chi connectivity index (χ0) is 21.8. The van der Waals surface area contributed by atoms with Gasteiger partial charge >= 0.3 is 0 Å². The van der Waals surface area contributed by atoms with Crippen LogP contribution in [0, 0.1) is 17.0 Å². The lowest BCUT2D eigenvalue weighted by Crippen LogP contribution is -2.39. The van der Waals surface area contributed by atoms with Gasteiger partial charge < -0.3 is 4.90 Å². The molecule has 2 aromatic carbocycles. The number of fused-ring (bicyclic) bond motifs is 1. The number of carbonyl (C=O) groups is 1. The molecule has 7 nitrogen and oxygen atoms in total. The van der Waals surface area contributed by atoms with Crippen LogP contribution in [0.25, 0.3) is 10.2 Å². The maximum Gasteiger partial charge on any atom is 0.273 e. The first kappa shape index (κ1) is 25.0. The Kier molecular flexibility index (Phi) is 8.76. The molecule has 0 aliphatic rings. The fourth-order valence-corrected chi connectivity index (χ4v) is 4.53. The van der Waals surface area contributed by atoms with Gasteiger partial charge in [0, 0.05) is 35.3 Å². The van der Waals surface area contributed by atoms with E-state index in [1.807, 2.05) is 12.1 Å². The number of rotatable bonds is 8. The van der Waals surface area contributed by atoms with Gasteiger partial charge in [0.2, 0.25) is 0 Å². The Morgan fingerprint density at radius 3 is 2.55 bits per heavy atom. The van der Waals surface area contributed by atoms with Crippen molar-refractivity contribution in [3.05, 3.63) is 62.7 Å². The van der Waals surface area contributed by atoms with Gasteiger partial charge in [0.1, 0.15) is 0 Å². The molecule has 1 amide bonds. The minimum absolute atomic E-state index is 0. The van der Waals surface area contributed by atoms with Crippen molar-refractivity contribution in [1.29, 1.82) is 0 Å². The molecule has 0 N–H and O–H groups in total. The highest BCUT2D eigenvalue weighted by molar-refractivity contribution is 7.22. The van der Waals surface area contributed by atoms with Gasteiger partial charge in [-0.25, -0.2) is 4.98 Å². The summed E-state index contributed by atoms with van der Waals surface area (Å²) in [7, 11) is 0. The highest BCUT2D eigenvalue weighted by Gasteiger charge is 2.26. The van der Waals surface area contributed by atoms with E-state index in [-0.39, 0.29) is 24.0 Å². The molecule has 166 valence electrons. The van der Waals surface area contributed by atoms with Crippen molar-refractivity contribution in [2.45, 2.75) is 20.8 Å². The number of aromatic nitrogens is 1. The molecule has 0 radical (unpaired) electrons. The molecule has 0 aliphatic heterocycles. The summed E-state index contributed by atoms with van der Waals surface area (Å²) in [4.78, 5) is 32.8. The first-order chi connectivity index (χ1) is 14.3. The fourth-order valence-electron chi connectivity index (χ4n) is 3.27. The van der Waals surface area contributed by atoms with E-state index in [1.165, 1.54) is 17.4 Å². The molecule has 0 fully saturated rings. The summed E-state index contributed by atoms with van der Waals surface area (Å²) in [6.45, 7) is 8.57. The molecule has 0 atom stereocenters. The predicted octanol–water partition coefficient (Wildman–Crippen LogP) is 5.58. The van der Waals surface area contributed by atoms with Crippen LogP contribution >= 0.6 is 35.3 Å². The number of nitro groups is 1. The topological polar surface area (TPSA) is 79.6 Å². The van der Waals surface area contributed by atoms with E-state index < -0.39 is 4.92 Å². The van der Waals surface area contributed by atoms with Gasteiger partial charge in [-0.05, 0) is 44.3 Å². The number of hydrogen-bond donors (Lipinski definition) is 0. The van der Waals surface area contributed by atoms with Crippen LogP contribution in [-0.4, -0.2) is 46.9 Å². The Morgan fingerprint density at radius 1 is 1.19 bits per heavy atom. The Labute approximate surface area is 196 Å². The van der Waals surface area contributed by atoms with Crippen molar-refractivity contribution in [2.24, 2.45) is 0 Å². The van der Waals surface area contributed by atoms with Crippen molar-refractivity contribution in [1.82, 2.24) is 9.88 Å². The zero-order valence-electron chi connectivity index (χ0n) is 17.5. The summed E-state index contributed by atoms with van der Waals surface area (Å²) in [5, 5.41) is 12.5. The highest BCUT2D eigenvalue weighted by Crippen LogP contribution is 2.32. The zero-order valence-corrected chi connectivity index (χ0v) is 19.9. The highest BCUT2D eigenvalue weighted by atomic mass is 35.5. The Morgan fingerprint density at radius 2 is 1.90 bits per heavy atom. The van der Waals surface area contributed by atoms with E-state index in [1.54, 1.807) is 30.0 Å². The Bertz CT molecular complexity index is 1090. The van der Waals surface area contributed by atoms with Gasteiger partial charge in [-0.2, -0.15) is 0 Å². The number of amides is 1. The third-order valence-electron chi connectivity index (χ3n) is 5.08. The molecule has 0 saturated carbocycles. The maximum absolute atomic E-state index is 13.5. The van der Waals surface area contributed by atoms with Gasteiger partial charge in [0.15, 0.2) is 5.13 Å². The number of thiazole rings is 1. The Hall–Kier alpha value is -2.26. The third kappa shape index (κ3) is 5.51. The van der Waals surface area contributed by atoms with Crippen molar-refractivity contribution < 1.29 is 9.72 Å². The standard InChI is InChI=1S/C21H23ClN4O3S.ClH/c1-4-24(5-2)11-12-25(21-23-17-10-9-15(22)13-19(17)30-21)20(27)16-7-6-8-18(14(16)3)26(28)29;/h6-10,13H,4-5,11-12H2,1-3H3;1H. The molecule has 0 spiro atoms. The van der Waals surface area contributed by atoms with Crippen LogP contribution in [0.2, 0.25) is 5.02 Å². The normalized spacial score (nSPS) is 10.9. The van der Waals surface area contributed by atoms with Crippen LogP contribution in [-0.2, 0) is 0 Å². The van der Waals surface area contributed by atoms with Crippen LogP contribution < -0.4 is 4.90 Å². The smallest absolute Gasteiger partial charge is 0.273 e. The summed E-state index contributed by atoms with van der Waals surface area (Å²) >= 11 is 7.48. The SMILES string of the molecule is CCN(CC)CCN(C(=O)c1cccc([N+](=O)[O-])c1C)c1nc2ccc(Cl)cc2s1.Cl. The minimum atomic E-state index is -0.466. The van der Waals surface area contributed by atoms with Crippen molar-refractivity contribution >= 4 is 62.3 Å². The van der Waals surface area contributed by atoms with Crippen molar-refractivity contribution in [3.63, 3.8) is 0 Å². The lowest BCUT2D eigenvalue weighted by Gasteiger charge is -2.25. The van der Waals surface area contributed by atoms with Gasteiger partial charge in [-0.15, -0.1) is 12.4 Å². The number of nitro benzene ring substituents is 1. The first-order valence-electron chi connectivity index (χ1n) is 9.70. The van der Waals surface area contributed by atoms with Crippen molar-refractivity contribution in [3.8, 4) is 0 Å². The van der Waals surface area contributed by atoms with E-state index in [0.29, 0.717) is 34.4 Å². The Balaban J connectivity index is 0.00000341. The van der Waals surface area contributed by atoms with Gasteiger partial charge in [0.05, 0.1) is 15.1 Å². The third-order valence-corrected chi connectivity index (χ3v) is 6.36. The summed E-state index contributed by atoms with van der Waals surface area (Å²) in [5.41, 5.74) is 1.35. The lowest BCUT2D eigenvalue weighted by atomic mass is 10.1. The number of halogens is 2. The molecule has 0 unspecified atom stereocenters. The number of hydrogen-bond acceptors (Lipinski definition) is 6. The average molecular weight is 483 g/mol. The van der Waals surface area contributed by atoms with Crippen LogP contribution in [0.3, 0.4) is 0 Å². The van der Waals surface area contributed by atoms with E-state index >= 15 is 0 Å². The minimum Gasteiger partial charge on any atom is -0.302 e. The molecule has 3 rings (SSSR count). The molecule has 10 heteroatoms. The largest absolute Gasteiger partial charge is 0.302 e. The first-order valence-corrected chi connectivity index (χ1v) is 10.9. The molecule has 3 aromatic rings. The second-order valence-electron chi connectivity index (χ2n) is 6.80. The molecule has 1 heterocycles. The summed E-state index contributed by atoms with van der Waals surface area (Å²) in [6.07, 6.45) is 0. The van der Waals surface area contributed by atoms with Crippen LogP contribution in [0.1, 0.15) is 29.8 Å². The quantitative estimate of drug-likeness (QED) is 0.309.